The second-order valence-corrected chi connectivity index (χ2v) is 6.29. The summed E-state index contributed by atoms with van der Waals surface area (Å²) in [4.78, 5) is 16.5. The van der Waals surface area contributed by atoms with E-state index in [0.29, 0.717) is 6.04 Å². The Labute approximate surface area is 114 Å². The van der Waals surface area contributed by atoms with Crippen LogP contribution in [-0.4, -0.2) is 66.1 Å². The molecule has 2 fully saturated rings. The quantitative estimate of drug-likeness (QED) is 0.847. The zero-order valence-corrected chi connectivity index (χ0v) is 12.2. The van der Waals surface area contributed by atoms with Crippen LogP contribution >= 0.6 is 11.8 Å². The molecule has 1 atom stereocenters. The maximum Gasteiger partial charge on any atom is 0.317 e. The second kappa shape index (κ2) is 7.24. The van der Waals surface area contributed by atoms with E-state index in [1.54, 1.807) is 0 Å². The van der Waals surface area contributed by atoms with Crippen molar-refractivity contribution in [1.82, 2.24) is 15.1 Å². The van der Waals surface area contributed by atoms with Gasteiger partial charge in [-0.05, 0) is 25.9 Å². The molecule has 18 heavy (non-hydrogen) atoms. The summed E-state index contributed by atoms with van der Waals surface area (Å²) in [6.07, 6.45) is 3.84. The van der Waals surface area contributed by atoms with Crippen LogP contribution in [0.4, 0.5) is 4.79 Å². The van der Waals surface area contributed by atoms with Crippen LogP contribution in [0.3, 0.4) is 0 Å². The third kappa shape index (κ3) is 3.79. The molecule has 5 heteroatoms. The third-order valence-electron chi connectivity index (χ3n) is 3.94. The average molecular weight is 271 g/mol. The molecule has 2 aliphatic rings. The predicted molar refractivity (Wildman–Crippen MR) is 77.2 cm³/mol. The average Bonchev–Trinajstić information content (AvgIpc) is 2.46. The van der Waals surface area contributed by atoms with Gasteiger partial charge in [-0.3, -0.25) is 4.90 Å². The summed E-state index contributed by atoms with van der Waals surface area (Å²) in [5.74, 6) is 2.16. The SMILES string of the molecule is CCN1CCCCC1CNC(=O)N1CCSCC1. The summed E-state index contributed by atoms with van der Waals surface area (Å²) >= 11 is 1.94. The van der Waals surface area contributed by atoms with E-state index in [-0.39, 0.29) is 6.03 Å². The molecule has 104 valence electrons. The second-order valence-electron chi connectivity index (χ2n) is 5.06. The maximum atomic E-state index is 12.0. The van der Waals surface area contributed by atoms with Gasteiger partial charge in [0.05, 0.1) is 0 Å². The van der Waals surface area contributed by atoms with E-state index in [2.05, 4.69) is 17.1 Å². The van der Waals surface area contributed by atoms with Gasteiger partial charge in [-0.2, -0.15) is 11.8 Å². The summed E-state index contributed by atoms with van der Waals surface area (Å²) in [7, 11) is 0. The van der Waals surface area contributed by atoms with E-state index < -0.39 is 0 Å². The third-order valence-corrected chi connectivity index (χ3v) is 4.88. The first-order valence-corrected chi connectivity index (χ1v) is 8.31. The Kier molecular flexibility index (Phi) is 5.63. The summed E-state index contributed by atoms with van der Waals surface area (Å²) in [6.45, 7) is 7.12. The number of hydrogen-bond donors (Lipinski definition) is 1. The molecule has 0 radical (unpaired) electrons. The molecular weight excluding hydrogens is 246 g/mol. The number of rotatable bonds is 3. The summed E-state index contributed by atoms with van der Waals surface area (Å²) in [6, 6.07) is 0.684. The molecule has 2 aliphatic heterocycles. The minimum atomic E-state index is 0.136. The molecule has 1 unspecified atom stereocenters. The van der Waals surface area contributed by atoms with E-state index >= 15 is 0 Å². The van der Waals surface area contributed by atoms with Crippen molar-refractivity contribution in [3.8, 4) is 0 Å². The first-order chi connectivity index (χ1) is 8.81. The predicted octanol–water partition coefficient (Wildman–Crippen LogP) is 1.62. The molecule has 0 bridgehead atoms. The first-order valence-electron chi connectivity index (χ1n) is 7.16. The van der Waals surface area contributed by atoms with Crippen molar-refractivity contribution in [2.45, 2.75) is 32.2 Å². The van der Waals surface area contributed by atoms with Gasteiger partial charge in [0.25, 0.3) is 0 Å². The lowest BCUT2D eigenvalue weighted by Gasteiger charge is -2.35. The number of likely N-dealkylation sites (tertiary alicyclic amines) is 1. The Bertz CT molecular complexity index is 269. The highest BCUT2D eigenvalue weighted by atomic mass is 32.2. The fourth-order valence-electron chi connectivity index (χ4n) is 2.79. The Morgan fingerprint density at radius 2 is 2.06 bits per heavy atom. The smallest absolute Gasteiger partial charge is 0.317 e. The normalized spacial score (nSPS) is 26.1. The van der Waals surface area contributed by atoms with E-state index in [1.165, 1.54) is 25.8 Å². The van der Waals surface area contributed by atoms with Crippen LogP contribution in [0, 0.1) is 0 Å². The van der Waals surface area contributed by atoms with Gasteiger partial charge in [-0.1, -0.05) is 13.3 Å². The van der Waals surface area contributed by atoms with Crippen LogP contribution in [0.15, 0.2) is 0 Å². The number of thioether (sulfide) groups is 1. The zero-order valence-electron chi connectivity index (χ0n) is 11.4. The minimum Gasteiger partial charge on any atom is -0.336 e. The van der Waals surface area contributed by atoms with Crippen molar-refractivity contribution in [2.75, 3.05) is 44.2 Å². The molecule has 2 rings (SSSR count). The summed E-state index contributed by atoms with van der Waals surface area (Å²) < 4.78 is 0. The van der Waals surface area contributed by atoms with Gasteiger partial charge < -0.3 is 10.2 Å². The molecular formula is C13H25N3OS. The van der Waals surface area contributed by atoms with Gasteiger partial charge in [-0.25, -0.2) is 4.79 Å². The lowest BCUT2D eigenvalue weighted by Crippen LogP contribution is -2.50. The van der Waals surface area contributed by atoms with Gasteiger partial charge in [0.15, 0.2) is 0 Å². The molecule has 0 aromatic heterocycles. The fraction of sp³-hybridized carbons (Fsp3) is 0.923. The lowest BCUT2D eigenvalue weighted by atomic mass is 10.0. The Balaban J connectivity index is 1.73. The van der Waals surface area contributed by atoms with Crippen molar-refractivity contribution in [3.05, 3.63) is 0 Å². The number of nitrogens with one attached hydrogen (secondary N) is 1. The van der Waals surface area contributed by atoms with Gasteiger partial charge >= 0.3 is 6.03 Å². The molecule has 2 amide bonds. The van der Waals surface area contributed by atoms with Crippen molar-refractivity contribution in [1.29, 1.82) is 0 Å². The van der Waals surface area contributed by atoms with Crippen LogP contribution < -0.4 is 5.32 Å². The highest BCUT2D eigenvalue weighted by Crippen LogP contribution is 2.16. The minimum absolute atomic E-state index is 0.136. The zero-order chi connectivity index (χ0) is 12.8. The highest BCUT2D eigenvalue weighted by molar-refractivity contribution is 7.99. The molecule has 0 spiro atoms. The van der Waals surface area contributed by atoms with E-state index in [0.717, 1.165) is 37.7 Å². The molecule has 2 heterocycles. The highest BCUT2D eigenvalue weighted by Gasteiger charge is 2.23. The monoisotopic (exact) mass is 271 g/mol. The standard InChI is InChI=1S/C13H25N3OS/c1-2-15-6-4-3-5-12(15)11-14-13(17)16-7-9-18-10-8-16/h12H,2-11H2,1H3,(H,14,17). The topological polar surface area (TPSA) is 35.6 Å². The van der Waals surface area contributed by atoms with E-state index in [4.69, 9.17) is 0 Å². The number of nitrogens with zero attached hydrogens (tertiary/aromatic N) is 2. The van der Waals surface area contributed by atoms with Crippen LogP contribution in [0.2, 0.25) is 0 Å². The van der Waals surface area contributed by atoms with Gasteiger partial charge in [0, 0.05) is 37.2 Å². The van der Waals surface area contributed by atoms with Gasteiger partial charge in [-0.15, -0.1) is 0 Å². The summed E-state index contributed by atoms with van der Waals surface area (Å²) in [5.41, 5.74) is 0. The Hall–Kier alpha value is -0.420. The molecule has 0 saturated carbocycles. The Morgan fingerprint density at radius 3 is 2.78 bits per heavy atom. The van der Waals surface area contributed by atoms with E-state index in [9.17, 15) is 4.79 Å². The van der Waals surface area contributed by atoms with Crippen molar-refractivity contribution < 1.29 is 4.79 Å². The van der Waals surface area contributed by atoms with Crippen LogP contribution in [0.5, 0.6) is 0 Å². The lowest BCUT2D eigenvalue weighted by molar-refractivity contribution is 0.149. The molecule has 2 saturated heterocycles. The first kappa shape index (κ1) is 14.0. The number of carbonyl (C=O) groups is 1. The molecule has 0 aromatic rings. The Morgan fingerprint density at radius 1 is 1.28 bits per heavy atom. The number of urea groups is 1. The molecule has 0 aromatic carbocycles. The van der Waals surface area contributed by atoms with Gasteiger partial charge in [0.1, 0.15) is 0 Å². The number of amides is 2. The number of hydrogen-bond acceptors (Lipinski definition) is 3. The van der Waals surface area contributed by atoms with Gasteiger partial charge in [0.2, 0.25) is 0 Å². The van der Waals surface area contributed by atoms with Crippen molar-refractivity contribution in [2.24, 2.45) is 0 Å². The number of carbonyl (C=O) groups excluding carboxylic acids is 1. The van der Waals surface area contributed by atoms with Crippen LogP contribution in [-0.2, 0) is 0 Å². The summed E-state index contributed by atoms with van der Waals surface area (Å²) in [5, 5.41) is 3.12. The van der Waals surface area contributed by atoms with Crippen LogP contribution in [0.1, 0.15) is 26.2 Å². The van der Waals surface area contributed by atoms with Crippen LogP contribution in [0.25, 0.3) is 0 Å². The fourth-order valence-corrected chi connectivity index (χ4v) is 3.69. The molecule has 0 aliphatic carbocycles. The number of piperidine rings is 1. The largest absolute Gasteiger partial charge is 0.336 e. The van der Waals surface area contributed by atoms with Crippen molar-refractivity contribution >= 4 is 17.8 Å². The number of likely N-dealkylation sites (N-methyl/N-ethyl adjacent to an activating group) is 1. The maximum absolute atomic E-state index is 12.0. The molecule has 4 nitrogen and oxygen atoms in total. The van der Waals surface area contributed by atoms with Crippen molar-refractivity contribution in [3.63, 3.8) is 0 Å². The van der Waals surface area contributed by atoms with E-state index in [1.807, 2.05) is 16.7 Å². The molecule has 1 N–H and O–H groups in total.